The fourth-order valence-electron chi connectivity index (χ4n) is 2.34. The molecule has 2 rings (SSSR count). The first-order valence-corrected chi connectivity index (χ1v) is 8.96. The van der Waals surface area contributed by atoms with Crippen molar-refractivity contribution in [2.24, 2.45) is 0 Å². The number of nitrogens with one attached hydrogen (secondary N) is 2. The van der Waals surface area contributed by atoms with E-state index in [1.165, 1.54) is 17.4 Å². The minimum absolute atomic E-state index is 0.0249. The molecule has 1 aromatic heterocycles. The van der Waals surface area contributed by atoms with Crippen LogP contribution in [-0.2, 0) is 26.2 Å². The third-order valence-corrected chi connectivity index (χ3v) is 5.58. The lowest BCUT2D eigenvalue weighted by atomic mass is 10.4. The van der Waals surface area contributed by atoms with Crippen molar-refractivity contribution in [3.05, 3.63) is 28.7 Å². The van der Waals surface area contributed by atoms with Gasteiger partial charge in [0.1, 0.15) is 6.54 Å². The van der Waals surface area contributed by atoms with Crippen molar-refractivity contribution < 1.29 is 18.0 Å². The summed E-state index contributed by atoms with van der Waals surface area (Å²) in [4.78, 5) is 34.7. The van der Waals surface area contributed by atoms with Crippen LogP contribution in [0.5, 0.6) is 0 Å². The molecule has 2 amide bonds. The Morgan fingerprint density at radius 2 is 1.83 bits per heavy atom. The van der Waals surface area contributed by atoms with E-state index >= 15 is 0 Å². The Bertz CT molecular complexity index is 781. The maximum Gasteiger partial charge on any atom is 0.251 e. The molecule has 0 bridgehead atoms. The SMILES string of the molecule is CNC(=O)CNC(=O)Cn1cc(S(=O)(=O)N2CCCC2)ccc1=O. The number of carbonyl (C=O) groups is 2. The Morgan fingerprint density at radius 1 is 1.17 bits per heavy atom. The van der Waals surface area contributed by atoms with E-state index in [0.29, 0.717) is 13.1 Å². The Morgan fingerprint density at radius 3 is 2.46 bits per heavy atom. The Labute approximate surface area is 139 Å². The van der Waals surface area contributed by atoms with Crippen LogP contribution in [0.15, 0.2) is 28.0 Å². The van der Waals surface area contributed by atoms with Gasteiger partial charge in [-0.2, -0.15) is 4.31 Å². The monoisotopic (exact) mass is 356 g/mol. The minimum atomic E-state index is -3.67. The number of sulfonamides is 1. The van der Waals surface area contributed by atoms with Crippen LogP contribution < -0.4 is 16.2 Å². The van der Waals surface area contributed by atoms with E-state index < -0.39 is 21.5 Å². The van der Waals surface area contributed by atoms with Crippen LogP contribution in [-0.4, -0.2) is 55.8 Å². The van der Waals surface area contributed by atoms with Crippen LogP contribution in [0, 0.1) is 0 Å². The zero-order valence-electron chi connectivity index (χ0n) is 13.3. The highest BCUT2D eigenvalue weighted by Gasteiger charge is 2.27. The summed E-state index contributed by atoms with van der Waals surface area (Å²) in [5.74, 6) is -0.933. The van der Waals surface area contributed by atoms with Gasteiger partial charge < -0.3 is 15.2 Å². The number of carbonyl (C=O) groups excluding carboxylic acids is 2. The summed E-state index contributed by atoms with van der Waals surface area (Å²) in [5, 5.41) is 4.70. The molecule has 0 unspecified atom stereocenters. The summed E-state index contributed by atoms with van der Waals surface area (Å²) in [6, 6.07) is 2.36. The van der Waals surface area contributed by atoms with Gasteiger partial charge in [-0.1, -0.05) is 0 Å². The maximum atomic E-state index is 12.5. The molecule has 2 N–H and O–H groups in total. The number of pyridine rings is 1. The van der Waals surface area contributed by atoms with Crippen molar-refractivity contribution in [3.63, 3.8) is 0 Å². The lowest BCUT2D eigenvalue weighted by molar-refractivity contribution is -0.126. The molecule has 0 spiro atoms. The third-order valence-electron chi connectivity index (χ3n) is 3.70. The smallest absolute Gasteiger partial charge is 0.251 e. The first-order chi connectivity index (χ1) is 11.3. The molecule has 24 heavy (non-hydrogen) atoms. The molecule has 1 fully saturated rings. The van der Waals surface area contributed by atoms with E-state index in [-0.39, 0.29) is 23.9 Å². The molecule has 1 saturated heterocycles. The average Bonchev–Trinajstić information content (AvgIpc) is 3.09. The van der Waals surface area contributed by atoms with Crippen molar-refractivity contribution in [1.29, 1.82) is 0 Å². The van der Waals surface area contributed by atoms with Gasteiger partial charge >= 0.3 is 0 Å². The number of rotatable bonds is 6. The van der Waals surface area contributed by atoms with E-state index in [0.717, 1.165) is 29.7 Å². The third kappa shape index (κ3) is 4.20. The maximum absolute atomic E-state index is 12.5. The predicted octanol–water partition coefficient (Wildman–Crippen LogP) is -1.50. The number of nitrogens with zero attached hydrogens (tertiary/aromatic N) is 2. The van der Waals surface area contributed by atoms with Crippen LogP contribution >= 0.6 is 0 Å². The fraction of sp³-hybridized carbons (Fsp3) is 0.500. The summed E-state index contributed by atoms with van der Waals surface area (Å²) >= 11 is 0. The van der Waals surface area contributed by atoms with Crippen molar-refractivity contribution in [2.75, 3.05) is 26.7 Å². The molecule has 132 valence electrons. The van der Waals surface area contributed by atoms with Crippen LogP contribution in [0.1, 0.15) is 12.8 Å². The van der Waals surface area contributed by atoms with E-state index in [1.54, 1.807) is 0 Å². The van der Waals surface area contributed by atoms with Gasteiger partial charge in [0.15, 0.2) is 0 Å². The summed E-state index contributed by atoms with van der Waals surface area (Å²) < 4.78 is 27.4. The Hall–Kier alpha value is -2.20. The van der Waals surface area contributed by atoms with Crippen LogP contribution in [0.3, 0.4) is 0 Å². The van der Waals surface area contributed by atoms with Crippen molar-refractivity contribution in [3.8, 4) is 0 Å². The minimum Gasteiger partial charge on any atom is -0.358 e. The van der Waals surface area contributed by atoms with Gasteiger partial charge in [0, 0.05) is 32.4 Å². The topological polar surface area (TPSA) is 118 Å². The molecular formula is C14H20N4O5S. The predicted molar refractivity (Wildman–Crippen MR) is 85.8 cm³/mol. The molecule has 9 nitrogen and oxygen atoms in total. The summed E-state index contributed by atoms with van der Waals surface area (Å²) in [6.45, 7) is 0.331. The van der Waals surface area contributed by atoms with Gasteiger partial charge in [-0.25, -0.2) is 8.42 Å². The number of amides is 2. The first-order valence-electron chi connectivity index (χ1n) is 7.52. The van der Waals surface area contributed by atoms with Gasteiger partial charge in [0.05, 0.1) is 11.4 Å². The van der Waals surface area contributed by atoms with E-state index in [9.17, 15) is 22.8 Å². The van der Waals surface area contributed by atoms with Crippen molar-refractivity contribution >= 4 is 21.8 Å². The molecule has 10 heteroatoms. The van der Waals surface area contributed by atoms with Crippen LogP contribution in [0.2, 0.25) is 0 Å². The standard InChI is InChI=1S/C14H20N4O5S/c1-15-12(19)8-16-13(20)10-17-9-11(4-5-14(17)21)24(22,23)18-6-2-3-7-18/h4-5,9H,2-3,6-8,10H2,1H3,(H,15,19)(H,16,20). The molecule has 1 aliphatic rings. The number of likely N-dealkylation sites (N-methyl/N-ethyl adjacent to an activating group) is 1. The molecule has 0 radical (unpaired) electrons. The van der Waals surface area contributed by atoms with E-state index in [1.807, 2.05) is 0 Å². The second-order valence-corrected chi connectivity index (χ2v) is 7.33. The first kappa shape index (κ1) is 18.1. The van der Waals surface area contributed by atoms with Gasteiger partial charge in [-0.05, 0) is 18.9 Å². The second kappa shape index (κ2) is 7.58. The molecular weight excluding hydrogens is 336 g/mol. The molecule has 1 aliphatic heterocycles. The van der Waals surface area contributed by atoms with Gasteiger partial charge in [0.25, 0.3) is 5.56 Å². The molecule has 0 aromatic carbocycles. The Balaban J connectivity index is 2.15. The van der Waals surface area contributed by atoms with Gasteiger partial charge in [-0.15, -0.1) is 0 Å². The second-order valence-electron chi connectivity index (χ2n) is 5.39. The van der Waals surface area contributed by atoms with Crippen LogP contribution in [0.4, 0.5) is 0 Å². The quantitative estimate of drug-likeness (QED) is 0.643. The highest BCUT2D eigenvalue weighted by atomic mass is 32.2. The molecule has 0 aliphatic carbocycles. The normalized spacial score (nSPS) is 15.2. The highest BCUT2D eigenvalue weighted by molar-refractivity contribution is 7.89. The van der Waals surface area contributed by atoms with E-state index in [2.05, 4.69) is 10.6 Å². The Kier molecular flexibility index (Phi) is 5.73. The molecule has 2 heterocycles. The molecule has 0 atom stereocenters. The number of hydrogen-bond acceptors (Lipinski definition) is 5. The fourth-order valence-corrected chi connectivity index (χ4v) is 3.88. The van der Waals surface area contributed by atoms with Crippen LogP contribution in [0.25, 0.3) is 0 Å². The lowest BCUT2D eigenvalue weighted by Crippen LogP contribution is -2.38. The lowest BCUT2D eigenvalue weighted by Gasteiger charge is -2.16. The summed E-state index contributed by atoms with van der Waals surface area (Å²) in [5.41, 5.74) is -0.495. The highest BCUT2D eigenvalue weighted by Crippen LogP contribution is 2.19. The summed E-state index contributed by atoms with van der Waals surface area (Å²) in [6.07, 6.45) is 2.77. The van der Waals surface area contributed by atoms with Gasteiger partial charge in [-0.3, -0.25) is 14.4 Å². The van der Waals surface area contributed by atoms with Crippen molar-refractivity contribution in [2.45, 2.75) is 24.3 Å². The average molecular weight is 356 g/mol. The number of aromatic nitrogens is 1. The number of hydrogen-bond donors (Lipinski definition) is 2. The van der Waals surface area contributed by atoms with Gasteiger partial charge in [0.2, 0.25) is 21.8 Å². The summed E-state index contributed by atoms with van der Waals surface area (Å²) in [7, 11) is -2.23. The van der Waals surface area contributed by atoms with E-state index in [4.69, 9.17) is 0 Å². The zero-order valence-corrected chi connectivity index (χ0v) is 14.1. The zero-order chi connectivity index (χ0) is 17.7. The van der Waals surface area contributed by atoms with Crippen molar-refractivity contribution in [1.82, 2.24) is 19.5 Å². The largest absolute Gasteiger partial charge is 0.358 e. The molecule has 1 aromatic rings. The molecule has 0 saturated carbocycles.